The van der Waals surface area contributed by atoms with E-state index in [2.05, 4.69) is 24.5 Å². The van der Waals surface area contributed by atoms with Crippen LogP contribution >= 0.6 is 0 Å². The molecule has 0 amide bonds. The highest BCUT2D eigenvalue weighted by Crippen LogP contribution is 2.14. The summed E-state index contributed by atoms with van der Waals surface area (Å²) in [5.74, 6) is 0. The van der Waals surface area contributed by atoms with Gasteiger partial charge in [-0.2, -0.15) is 0 Å². The fourth-order valence-electron chi connectivity index (χ4n) is 4.33. The molecular weight excluding hydrogens is 380 g/mol. The van der Waals surface area contributed by atoms with Crippen LogP contribution in [0.15, 0.2) is 0 Å². The molecular formula is C28H60N2O. The average Bonchev–Trinajstić information content (AvgIpc) is 2.77. The molecule has 3 N–H and O–H groups in total. The quantitative estimate of drug-likeness (QED) is 0.0940. The number of nitrogens with one attached hydrogen (secondary N) is 2. The molecule has 31 heavy (non-hydrogen) atoms. The Morgan fingerprint density at radius 3 is 1.26 bits per heavy atom. The molecule has 188 valence electrons. The zero-order valence-electron chi connectivity index (χ0n) is 21.9. The van der Waals surface area contributed by atoms with Gasteiger partial charge in [0.1, 0.15) is 6.23 Å². The molecule has 0 aromatic heterocycles. The predicted octanol–water partition coefficient (Wildman–Crippen LogP) is 8.10. The van der Waals surface area contributed by atoms with Gasteiger partial charge in [0.15, 0.2) is 0 Å². The van der Waals surface area contributed by atoms with Crippen molar-refractivity contribution in [3.8, 4) is 0 Å². The standard InChI is InChI=1S/C28H60N2O/c1-4-6-7-8-9-10-11-12-13-14-15-16-17-18-19-20-21-22-23-24-25-29-26-27(3)30-28(31)5-2/h27-31H,4-26H2,1-3H3. The van der Waals surface area contributed by atoms with E-state index in [9.17, 15) is 5.11 Å². The molecule has 0 rings (SSSR count). The molecule has 0 radical (unpaired) electrons. The number of hydrogen-bond donors (Lipinski definition) is 3. The van der Waals surface area contributed by atoms with Gasteiger partial charge in [0.2, 0.25) is 0 Å². The summed E-state index contributed by atoms with van der Waals surface area (Å²) in [6.07, 6.45) is 29.1. The fourth-order valence-corrected chi connectivity index (χ4v) is 4.33. The van der Waals surface area contributed by atoms with Gasteiger partial charge in [-0.05, 0) is 26.3 Å². The molecule has 0 bridgehead atoms. The normalized spacial score (nSPS) is 13.5. The lowest BCUT2D eigenvalue weighted by atomic mass is 10.0. The molecule has 0 aliphatic carbocycles. The second-order valence-corrected chi connectivity index (χ2v) is 9.91. The lowest BCUT2D eigenvalue weighted by molar-refractivity contribution is 0.120. The van der Waals surface area contributed by atoms with Crippen LogP contribution in [0, 0.1) is 0 Å². The third kappa shape index (κ3) is 26.0. The van der Waals surface area contributed by atoms with Gasteiger partial charge in [0.25, 0.3) is 0 Å². The van der Waals surface area contributed by atoms with E-state index in [0.29, 0.717) is 6.04 Å². The van der Waals surface area contributed by atoms with Crippen molar-refractivity contribution in [1.29, 1.82) is 0 Å². The Labute approximate surface area is 196 Å². The lowest BCUT2D eigenvalue weighted by Gasteiger charge is -2.18. The van der Waals surface area contributed by atoms with Crippen LogP contribution in [0.4, 0.5) is 0 Å². The van der Waals surface area contributed by atoms with E-state index in [1.807, 2.05) is 6.92 Å². The van der Waals surface area contributed by atoms with Crippen LogP contribution in [-0.4, -0.2) is 30.5 Å². The zero-order chi connectivity index (χ0) is 22.8. The smallest absolute Gasteiger partial charge is 0.104 e. The van der Waals surface area contributed by atoms with Gasteiger partial charge in [-0.3, -0.25) is 5.32 Å². The number of aliphatic hydroxyl groups excluding tert-OH is 1. The van der Waals surface area contributed by atoms with Gasteiger partial charge in [-0.25, -0.2) is 0 Å². The molecule has 3 nitrogen and oxygen atoms in total. The van der Waals surface area contributed by atoms with Gasteiger partial charge in [-0.1, -0.05) is 136 Å². The minimum atomic E-state index is -0.364. The van der Waals surface area contributed by atoms with Crippen molar-refractivity contribution in [2.24, 2.45) is 0 Å². The molecule has 0 saturated carbocycles. The van der Waals surface area contributed by atoms with E-state index >= 15 is 0 Å². The van der Waals surface area contributed by atoms with Crippen LogP contribution in [0.1, 0.15) is 156 Å². The first-order valence-electron chi connectivity index (χ1n) is 14.4. The van der Waals surface area contributed by atoms with Gasteiger partial charge in [-0.15, -0.1) is 0 Å². The van der Waals surface area contributed by atoms with Crippen LogP contribution in [0.3, 0.4) is 0 Å². The second kappa shape index (κ2) is 26.1. The maximum absolute atomic E-state index is 9.57. The second-order valence-electron chi connectivity index (χ2n) is 9.91. The van der Waals surface area contributed by atoms with Crippen molar-refractivity contribution in [2.75, 3.05) is 13.1 Å². The number of rotatable bonds is 26. The summed E-state index contributed by atoms with van der Waals surface area (Å²) >= 11 is 0. The highest BCUT2D eigenvalue weighted by Gasteiger charge is 2.05. The van der Waals surface area contributed by atoms with E-state index in [-0.39, 0.29) is 6.23 Å². The molecule has 0 heterocycles. The van der Waals surface area contributed by atoms with E-state index in [4.69, 9.17) is 0 Å². The average molecular weight is 441 g/mol. The van der Waals surface area contributed by atoms with Crippen molar-refractivity contribution in [2.45, 2.75) is 168 Å². The van der Waals surface area contributed by atoms with Crippen LogP contribution in [0.2, 0.25) is 0 Å². The summed E-state index contributed by atoms with van der Waals surface area (Å²) in [6, 6.07) is 0.333. The first-order chi connectivity index (χ1) is 15.2. The maximum Gasteiger partial charge on any atom is 0.104 e. The van der Waals surface area contributed by atoms with Crippen LogP contribution in [-0.2, 0) is 0 Å². The van der Waals surface area contributed by atoms with Crippen molar-refractivity contribution >= 4 is 0 Å². The largest absolute Gasteiger partial charge is 0.379 e. The van der Waals surface area contributed by atoms with Crippen molar-refractivity contribution in [3.05, 3.63) is 0 Å². The van der Waals surface area contributed by atoms with E-state index in [0.717, 1.165) is 19.5 Å². The monoisotopic (exact) mass is 440 g/mol. The SMILES string of the molecule is CCCCCCCCCCCCCCCCCCCCCCNCC(C)NC(O)CC. The summed E-state index contributed by atoms with van der Waals surface area (Å²) in [6.45, 7) is 8.47. The summed E-state index contributed by atoms with van der Waals surface area (Å²) in [5.41, 5.74) is 0. The first-order valence-corrected chi connectivity index (χ1v) is 14.4. The van der Waals surface area contributed by atoms with Gasteiger partial charge in [0.05, 0.1) is 0 Å². The number of aliphatic hydroxyl groups is 1. The Balaban J connectivity index is 3.08. The minimum Gasteiger partial charge on any atom is -0.379 e. The molecule has 0 aliphatic heterocycles. The number of unbranched alkanes of at least 4 members (excludes halogenated alkanes) is 19. The highest BCUT2D eigenvalue weighted by molar-refractivity contribution is 4.65. The van der Waals surface area contributed by atoms with Crippen LogP contribution < -0.4 is 10.6 Å². The van der Waals surface area contributed by atoms with Crippen LogP contribution in [0.25, 0.3) is 0 Å². The molecule has 3 heteroatoms. The summed E-state index contributed by atoms with van der Waals surface area (Å²) in [7, 11) is 0. The zero-order valence-corrected chi connectivity index (χ0v) is 21.9. The molecule has 2 atom stereocenters. The number of hydrogen-bond acceptors (Lipinski definition) is 3. The first kappa shape index (κ1) is 30.9. The molecule has 0 spiro atoms. The van der Waals surface area contributed by atoms with Crippen molar-refractivity contribution in [3.63, 3.8) is 0 Å². The lowest BCUT2D eigenvalue weighted by Crippen LogP contribution is -2.42. The van der Waals surface area contributed by atoms with Crippen molar-refractivity contribution in [1.82, 2.24) is 10.6 Å². The van der Waals surface area contributed by atoms with Gasteiger partial charge >= 0.3 is 0 Å². The van der Waals surface area contributed by atoms with E-state index in [1.165, 1.54) is 128 Å². The highest BCUT2D eigenvalue weighted by atomic mass is 16.3. The Hall–Kier alpha value is -0.120. The fraction of sp³-hybridized carbons (Fsp3) is 1.00. The third-order valence-corrected chi connectivity index (χ3v) is 6.52. The van der Waals surface area contributed by atoms with Crippen molar-refractivity contribution < 1.29 is 5.11 Å². The Morgan fingerprint density at radius 1 is 0.548 bits per heavy atom. The van der Waals surface area contributed by atoms with E-state index in [1.54, 1.807) is 0 Å². The molecule has 2 unspecified atom stereocenters. The summed E-state index contributed by atoms with van der Waals surface area (Å²) in [4.78, 5) is 0. The Bertz CT molecular complexity index is 324. The molecule has 0 aliphatic rings. The van der Waals surface area contributed by atoms with Gasteiger partial charge in [0, 0.05) is 12.6 Å². The molecule has 0 fully saturated rings. The Kier molecular flexibility index (Phi) is 26.0. The molecule has 0 saturated heterocycles. The van der Waals surface area contributed by atoms with E-state index < -0.39 is 0 Å². The predicted molar refractivity (Wildman–Crippen MR) is 140 cm³/mol. The molecule has 0 aromatic rings. The topological polar surface area (TPSA) is 44.3 Å². The van der Waals surface area contributed by atoms with Crippen LogP contribution in [0.5, 0.6) is 0 Å². The summed E-state index contributed by atoms with van der Waals surface area (Å²) in [5, 5.41) is 16.3. The minimum absolute atomic E-state index is 0.333. The summed E-state index contributed by atoms with van der Waals surface area (Å²) < 4.78 is 0. The maximum atomic E-state index is 9.57. The Morgan fingerprint density at radius 2 is 0.903 bits per heavy atom. The molecule has 0 aromatic carbocycles. The van der Waals surface area contributed by atoms with Gasteiger partial charge < -0.3 is 10.4 Å². The third-order valence-electron chi connectivity index (χ3n) is 6.52.